The van der Waals surface area contributed by atoms with Gasteiger partial charge in [0.15, 0.2) is 0 Å². The third kappa shape index (κ3) is 4.44. The molecule has 0 aliphatic heterocycles. The highest BCUT2D eigenvalue weighted by molar-refractivity contribution is 7.84. The van der Waals surface area contributed by atoms with Gasteiger partial charge >= 0.3 is 0 Å². The smallest absolute Gasteiger partial charge is 0.232 e. The number of nitrogens with one attached hydrogen (secondary N) is 1. The number of carbonyl (C=O) groups excluding carboxylic acids is 1. The second kappa shape index (κ2) is 7.02. The highest BCUT2D eigenvalue weighted by Gasteiger charge is 2.23. The van der Waals surface area contributed by atoms with E-state index < -0.39 is 10.8 Å². The van der Waals surface area contributed by atoms with Crippen LogP contribution < -0.4 is 5.32 Å². The number of aryl methyl sites for hydroxylation is 1. The Hall–Kier alpha value is -1.17. The molecule has 112 valence electrons. The summed E-state index contributed by atoms with van der Waals surface area (Å²) >= 11 is 0. The number of amides is 1. The van der Waals surface area contributed by atoms with Gasteiger partial charge in [-0.3, -0.25) is 9.00 Å². The summed E-state index contributed by atoms with van der Waals surface area (Å²) in [5.74, 6) is 1.39. The highest BCUT2D eigenvalue weighted by atomic mass is 32.2. The Morgan fingerprint density at radius 3 is 2.90 bits per heavy atom. The van der Waals surface area contributed by atoms with Crippen LogP contribution >= 0.6 is 0 Å². The van der Waals surface area contributed by atoms with E-state index in [1.807, 2.05) is 0 Å². The fraction of sp³-hybridized carbons (Fsp3) is 0.714. The van der Waals surface area contributed by atoms with Crippen molar-refractivity contribution in [2.24, 2.45) is 5.92 Å². The molecule has 1 aliphatic carbocycles. The Balaban J connectivity index is 1.77. The van der Waals surface area contributed by atoms with Crippen molar-refractivity contribution in [2.75, 3.05) is 5.75 Å². The average molecular weight is 298 g/mol. The first-order valence-corrected chi connectivity index (χ1v) is 8.60. The van der Waals surface area contributed by atoms with Gasteiger partial charge in [-0.25, -0.2) is 0 Å². The normalized spacial score (nSPS) is 24.3. The van der Waals surface area contributed by atoms with Gasteiger partial charge in [-0.2, -0.15) is 0 Å². The molecule has 1 N–H and O–H groups in total. The zero-order valence-corrected chi connectivity index (χ0v) is 12.9. The van der Waals surface area contributed by atoms with E-state index in [0.29, 0.717) is 17.4 Å². The first-order chi connectivity index (χ1) is 9.54. The molecule has 0 bridgehead atoms. The number of aromatic nitrogens is 1. The maximum atomic E-state index is 11.9. The zero-order valence-electron chi connectivity index (χ0n) is 12.1. The predicted molar refractivity (Wildman–Crippen MR) is 77.5 cm³/mol. The molecule has 1 aliphatic rings. The summed E-state index contributed by atoms with van der Waals surface area (Å²) in [6.45, 7) is 3.95. The molecule has 0 saturated heterocycles. The first kappa shape index (κ1) is 15.2. The van der Waals surface area contributed by atoms with Crippen molar-refractivity contribution in [1.82, 2.24) is 10.5 Å². The lowest BCUT2D eigenvalue weighted by Crippen LogP contribution is -2.42. The van der Waals surface area contributed by atoms with Crippen LogP contribution in [0.4, 0.5) is 0 Å². The Kier molecular flexibility index (Phi) is 5.34. The molecule has 0 unspecified atom stereocenters. The number of hydrogen-bond donors (Lipinski definition) is 1. The summed E-state index contributed by atoms with van der Waals surface area (Å²) in [5.41, 5.74) is 0.639. The van der Waals surface area contributed by atoms with E-state index in [4.69, 9.17) is 4.52 Å². The van der Waals surface area contributed by atoms with E-state index in [-0.39, 0.29) is 23.5 Å². The molecule has 0 radical (unpaired) electrons. The van der Waals surface area contributed by atoms with Gasteiger partial charge in [0.1, 0.15) is 11.5 Å². The second-order valence-corrected chi connectivity index (χ2v) is 7.05. The molecule has 6 heteroatoms. The summed E-state index contributed by atoms with van der Waals surface area (Å²) in [6.07, 6.45) is 4.59. The molecule has 5 nitrogen and oxygen atoms in total. The van der Waals surface area contributed by atoms with Gasteiger partial charge < -0.3 is 9.84 Å². The molecule has 1 aromatic rings. The second-order valence-electron chi connectivity index (χ2n) is 5.59. The third-order valence-corrected chi connectivity index (χ3v) is 4.94. The molecule has 1 aromatic heterocycles. The fourth-order valence-corrected chi connectivity index (χ4v) is 3.57. The number of carbonyl (C=O) groups is 1. The predicted octanol–water partition coefficient (Wildman–Crippen LogP) is 1.93. The molecule has 2 rings (SSSR count). The van der Waals surface area contributed by atoms with Crippen LogP contribution in [0.3, 0.4) is 0 Å². The molecule has 1 fully saturated rings. The summed E-state index contributed by atoms with van der Waals surface area (Å²) in [7, 11) is -1.24. The van der Waals surface area contributed by atoms with Gasteiger partial charge in [-0.15, -0.1) is 0 Å². The molecule has 0 spiro atoms. The van der Waals surface area contributed by atoms with Gasteiger partial charge in [0.25, 0.3) is 0 Å². The van der Waals surface area contributed by atoms with E-state index in [1.54, 1.807) is 13.0 Å². The van der Waals surface area contributed by atoms with Crippen LogP contribution in [0.1, 0.15) is 44.1 Å². The fourth-order valence-electron chi connectivity index (χ4n) is 2.63. The topological polar surface area (TPSA) is 72.2 Å². The van der Waals surface area contributed by atoms with Crippen molar-refractivity contribution in [3.05, 3.63) is 17.5 Å². The van der Waals surface area contributed by atoms with Gasteiger partial charge in [-0.1, -0.05) is 24.9 Å². The molecule has 20 heavy (non-hydrogen) atoms. The van der Waals surface area contributed by atoms with E-state index in [9.17, 15) is 9.00 Å². The lowest BCUT2D eigenvalue weighted by molar-refractivity contribution is -0.119. The molecular weight excluding hydrogens is 276 g/mol. The lowest BCUT2D eigenvalue weighted by atomic mass is 9.86. The third-order valence-electron chi connectivity index (χ3n) is 3.74. The minimum absolute atomic E-state index is 0.0368. The van der Waals surface area contributed by atoms with E-state index >= 15 is 0 Å². The summed E-state index contributed by atoms with van der Waals surface area (Å²) in [6, 6.07) is 1.99. The molecule has 0 aromatic carbocycles. The van der Waals surface area contributed by atoms with Crippen molar-refractivity contribution in [3.63, 3.8) is 0 Å². The van der Waals surface area contributed by atoms with Gasteiger partial charge in [0.05, 0.1) is 11.4 Å². The van der Waals surface area contributed by atoms with Crippen molar-refractivity contribution < 1.29 is 13.5 Å². The molecule has 1 amide bonds. The van der Waals surface area contributed by atoms with Crippen LogP contribution in [0.25, 0.3) is 0 Å². The van der Waals surface area contributed by atoms with Crippen molar-refractivity contribution in [3.8, 4) is 0 Å². The Bertz CT molecular complexity index is 487. The lowest BCUT2D eigenvalue weighted by Gasteiger charge is -2.29. The van der Waals surface area contributed by atoms with Crippen molar-refractivity contribution in [1.29, 1.82) is 0 Å². The molecule has 1 heterocycles. The highest BCUT2D eigenvalue weighted by Crippen LogP contribution is 2.23. The maximum absolute atomic E-state index is 11.9. The van der Waals surface area contributed by atoms with E-state index in [0.717, 1.165) is 19.3 Å². The van der Waals surface area contributed by atoms with E-state index in [2.05, 4.69) is 17.4 Å². The van der Waals surface area contributed by atoms with Gasteiger partial charge in [-0.05, 0) is 25.7 Å². The molecule has 1 saturated carbocycles. The number of nitrogens with zero attached hydrogens (tertiary/aromatic N) is 1. The largest absolute Gasteiger partial charge is 0.361 e. The molecular formula is C14H22N2O3S. The first-order valence-electron chi connectivity index (χ1n) is 7.11. The number of hydrogen-bond acceptors (Lipinski definition) is 4. The Labute approximate surface area is 121 Å². The average Bonchev–Trinajstić information content (AvgIpc) is 2.77. The van der Waals surface area contributed by atoms with Gasteiger partial charge in [0, 0.05) is 22.9 Å². The van der Waals surface area contributed by atoms with Crippen LogP contribution in [-0.2, 0) is 21.3 Å². The van der Waals surface area contributed by atoms with Crippen molar-refractivity contribution >= 4 is 16.7 Å². The van der Waals surface area contributed by atoms with Crippen LogP contribution in [0, 0.1) is 12.8 Å². The van der Waals surface area contributed by atoms with Crippen molar-refractivity contribution in [2.45, 2.75) is 51.3 Å². The molecule has 3 atom stereocenters. The minimum atomic E-state index is -1.24. The van der Waals surface area contributed by atoms with Crippen LogP contribution in [0.15, 0.2) is 10.6 Å². The summed E-state index contributed by atoms with van der Waals surface area (Å²) in [5, 5.41) is 6.81. The SMILES string of the molecule is Cc1cc(C[S@@](=O)CC(=O)N[C@@H]2CCCC[C@@H]2C)no1. The summed E-state index contributed by atoms with van der Waals surface area (Å²) in [4.78, 5) is 11.9. The zero-order chi connectivity index (χ0) is 14.5. The van der Waals surface area contributed by atoms with Crippen LogP contribution in [0.5, 0.6) is 0 Å². The standard InChI is InChI=1S/C14H22N2O3S/c1-10-5-3-4-6-13(10)15-14(17)9-20(18)8-12-7-11(2)19-16-12/h7,10,13H,3-6,8-9H2,1-2H3,(H,15,17)/t10-,13+,20+/m0/s1. The quantitative estimate of drug-likeness (QED) is 0.901. The Morgan fingerprint density at radius 2 is 2.25 bits per heavy atom. The summed E-state index contributed by atoms with van der Waals surface area (Å²) < 4.78 is 16.8. The van der Waals surface area contributed by atoms with Crippen LogP contribution in [0.2, 0.25) is 0 Å². The maximum Gasteiger partial charge on any atom is 0.232 e. The van der Waals surface area contributed by atoms with Crippen LogP contribution in [-0.4, -0.2) is 27.1 Å². The number of rotatable bonds is 5. The van der Waals surface area contributed by atoms with E-state index in [1.165, 1.54) is 6.42 Å². The van der Waals surface area contributed by atoms with Gasteiger partial charge in [0.2, 0.25) is 5.91 Å². The minimum Gasteiger partial charge on any atom is -0.361 e. The monoisotopic (exact) mass is 298 g/mol. The Morgan fingerprint density at radius 1 is 1.50 bits per heavy atom.